The third-order valence-electron chi connectivity index (χ3n) is 5.43. The predicted octanol–water partition coefficient (Wildman–Crippen LogP) is 3.06. The molecule has 2 atom stereocenters. The lowest BCUT2D eigenvalue weighted by Crippen LogP contribution is -2.51. The van der Waals surface area contributed by atoms with Gasteiger partial charge < -0.3 is 15.5 Å². The van der Waals surface area contributed by atoms with E-state index in [0.717, 1.165) is 12.8 Å². The summed E-state index contributed by atoms with van der Waals surface area (Å²) in [7, 11) is 1.63. The highest BCUT2D eigenvalue weighted by Gasteiger charge is 2.33. The topological polar surface area (TPSA) is 73.8 Å². The normalized spacial score (nSPS) is 19.7. The van der Waals surface area contributed by atoms with E-state index in [-0.39, 0.29) is 11.6 Å². The summed E-state index contributed by atoms with van der Waals surface area (Å²) in [6, 6.07) is 13.0. The van der Waals surface area contributed by atoms with E-state index in [4.69, 9.17) is 0 Å². The second-order valence-electron chi connectivity index (χ2n) is 7.52. The van der Waals surface area contributed by atoms with Crippen LogP contribution >= 0.6 is 0 Å². The molecule has 1 aliphatic carbocycles. The number of benzodiazepines with no additional fused rings is 1. The molecule has 0 saturated heterocycles. The third kappa shape index (κ3) is 3.85. The van der Waals surface area contributed by atoms with E-state index in [0.29, 0.717) is 22.9 Å². The number of halogens is 1. The van der Waals surface area contributed by atoms with Gasteiger partial charge in [-0.2, -0.15) is 0 Å². The molecule has 1 heterocycles. The minimum absolute atomic E-state index is 0.0285. The van der Waals surface area contributed by atoms with Crippen molar-refractivity contribution in [2.24, 2.45) is 10.9 Å². The Balaban J connectivity index is 1.72. The van der Waals surface area contributed by atoms with E-state index >= 15 is 0 Å². The average Bonchev–Trinajstić information content (AvgIpc) is 3.56. The van der Waals surface area contributed by atoms with Crippen molar-refractivity contribution in [2.75, 3.05) is 11.9 Å². The van der Waals surface area contributed by atoms with Crippen LogP contribution in [0.5, 0.6) is 0 Å². The summed E-state index contributed by atoms with van der Waals surface area (Å²) in [5, 5.41) is 5.52. The van der Waals surface area contributed by atoms with Crippen molar-refractivity contribution >= 4 is 23.3 Å². The number of carbonyl (C=O) groups is 2. The van der Waals surface area contributed by atoms with Gasteiger partial charge in [0.2, 0.25) is 6.17 Å². The SMILES string of the molecule is CC(NC(=O)NC1N=C(c2ccccc2F)c2ccccc2N(C)C1=O)C1CC1. The minimum atomic E-state index is -1.16. The summed E-state index contributed by atoms with van der Waals surface area (Å²) >= 11 is 0. The van der Waals surface area contributed by atoms with Gasteiger partial charge in [-0.1, -0.05) is 30.3 Å². The van der Waals surface area contributed by atoms with Crippen LogP contribution in [0.3, 0.4) is 0 Å². The number of nitrogens with one attached hydrogen (secondary N) is 2. The number of hydrogen-bond donors (Lipinski definition) is 2. The maximum Gasteiger partial charge on any atom is 0.317 e. The molecule has 7 heteroatoms. The van der Waals surface area contributed by atoms with Gasteiger partial charge in [-0.3, -0.25) is 4.79 Å². The highest BCUT2D eigenvalue weighted by Crippen LogP contribution is 2.32. The number of rotatable bonds is 4. The van der Waals surface area contributed by atoms with Gasteiger partial charge in [0.25, 0.3) is 5.91 Å². The van der Waals surface area contributed by atoms with Crippen molar-refractivity contribution in [3.05, 3.63) is 65.5 Å². The van der Waals surface area contributed by atoms with Crippen LogP contribution in [0.25, 0.3) is 0 Å². The molecule has 1 fully saturated rings. The Hall–Kier alpha value is -3.22. The van der Waals surface area contributed by atoms with E-state index in [1.54, 1.807) is 43.4 Å². The molecule has 4 rings (SSSR count). The molecule has 6 nitrogen and oxygen atoms in total. The zero-order valence-electron chi connectivity index (χ0n) is 16.4. The van der Waals surface area contributed by atoms with Crippen molar-refractivity contribution in [1.82, 2.24) is 10.6 Å². The smallest absolute Gasteiger partial charge is 0.317 e. The van der Waals surface area contributed by atoms with Gasteiger partial charge in [0.1, 0.15) is 5.82 Å². The van der Waals surface area contributed by atoms with Crippen LogP contribution in [0.15, 0.2) is 53.5 Å². The first-order chi connectivity index (χ1) is 14.0. The first kappa shape index (κ1) is 19.1. The fourth-order valence-corrected chi connectivity index (χ4v) is 3.57. The van der Waals surface area contributed by atoms with Crippen molar-refractivity contribution < 1.29 is 14.0 Å². The van der Waals surface area contributed by atoms with Gasteiger partial charge in [0.05, 0.1) is 11.4 Å². The van der Waals surface area contributed by atoms with Crippen LogP contribution in [0.4, 0.5) is 14.9 Å². The number of likely N-dealkylation sites (N-methyl/N-ethyl adjacent to an activating group) is 1. The van der Waals surface area contributed by atoms with Gasteiger partial charge in [-0.25, -0.2) is 14.2 Å². The summed E-state index contributed by atoms with van der Waals surface area (Å²) in [6.07, 6.45) is 1.03. The van der Waals surface area contributed by atoms with Crippen LogP contribution < -0.4 is 15.5 Å². The molecule has 0 spiro atoms. The Morgan fingerprint density at radius 2 is 1.79 bits per heavy atom. The van der Waals surface area contributed by atoms with Crippen LogP contribution in [-0.4, -0.2) is 36.9 Å². The standard InChI is InChI=1S/C22H23FN4O2/c1-13(14-11-12-14)24-22(29)26-20-21(28)27(2)18-10-6-4-8-16(18)19(25-20)15-7-3-5-9-17(15)23/h3-10,13-14,20H,11-12H2,1-2H3,(H2,24,26,29). The molecular weight excluding hydrogens is 371 g/mol. The van der Waals surface area contributed by atoms with E-state index in [9.17, 15) is 14.0 Å². The Kier molecular flexibility index (Phi) is 5.05. The lowest BCUT2D eigenvalue weighted by Gasteiger charge is -2.21. The number of anilines is 1. The molecule has 2 unspecified atom stereocenters. The third-order valence-corrected chi connectivity index (χ3v) is 5.43. The molecule has 2 aromatic rings. The number of benzene rings is 2. The van der Waals surface area contributed by atoms with Crippen LogP contribution in [0.1, 0.15) is 30.9 Å². The van der Waals surface area contributed by atoms with Gasteiger partial charge in [0, 0.05) is 24.2 Å². The Labute approximate surface area is 168 Å². The highest BCUT2D eigenvalue weighted by molar-refractivity contribution is 6.20. The Bertz CT molecular complexity index is 986. The molecule has 3 amide bonds. The van der Waals surface area contributed by atoms with E-state index in [2.05, 4.69) is 15.6 Å². The number of hydrogen-bond acceptors (Lipinski definition) is 3. The lowest BCUT2D eigenvalue weighted by atomic mass is 10.00. The lowest BCUT2D eigenvalue weighted by molar-refractivity contribution is -0.119. The number of amides is 3. The zero-order valence-corrected chi connectivity index (χ0v) is 16.4. The van der Waals surface area contributed by atoms with Crippen molar-refractivity contribution in [2.45, 2.75) is 32.0 Å². The van der Waals surface area contributed by atoms with Crippen LogP contribution in [-0.2, 0) is 4.79 Å². The average molecular weight is 394 g/mol. The van der Waals surface area contributed by atoms with Crippen LogP contribution in [0, 0.1) is 11.7 Å². The van der Waals surface area contributed by atoms with Crippen LogP contribution in [0.2, 0.25) is 0 Å². The van der Waals surface area contributed by atoms with Crippen molar-refractivity contribution in [3.8, 4) is 0 Å². The van der Waals surface area contributed by atoms with E-state index in [1.165, 1.54) is 11.0 Å². The molecule has 1 saturated carbocycles. The Morgan fingerprint density at radius 1 is 1.14 bits per heavy atom. The van der Waals surface area contributed by atoms with Crippen molar-refractivity contribution in [1.29, 1.82) is 0 Å². The zero-order chi connectivity index (χ0) is 20.5. The highest BCUT2D eigenvalue weighted by atomic mass is 19.1. The second kappa shape index (κ2) is 7.66. The summed E-state index contributed by atoms with van der Waals surface area (Å²) < 4.78 is 14.6. The number of urea groups is 1. The molecule has 2 N–H and O–H groups in total. The number of carbonyl (C=O) groups excluding carboxylic acids is 2. The van der Waals surface area contributed by atoms with Gasteiger partial charge >= 0.3 is 6.03 Å². The van der Waals surface area contributed by atoms with Crippen molar-refractivity contribution in [3.63, 3.8) is 0 Å². The van der Waals surface area contributed by atoms with Gasteiger partial charge in [-0.05, 0) is 43.9 Å². The fourth-order valence-electron chi connectivity index (χ4n) is 3.57. The fraction of sp³-hybridized carbons (Fsp3) is 0.318. The first-order valence-corrected chi connectivity index (χ1v) is 9.72. The summed E-state index contributed by atoms with van der Waals surface area (Å²) in [6.45, 7) is 1.95. The molecular formula is C22H23FN4O2. The number of aliphatic imine (C=N–C) groups is 1. The maximum absolute atomic E-state index is 14.6. The predicted molar refractivity (Wildman–Crippen MR) is 110 cm³/mol. The summed E-state index contributed by atoms with van der Waals surface area (Å²) in [5.41, 5.74) is 1.85. The van der Waals surface area contributed by atoms with E-state index in [1.807, 2.05) is 13.0 Å². The summed E-state index contributed by atoms with van der Waals surface area (Å²) in [4.78, 5) is 31.4. The summed E-state index contributed by atoms with van der Waals surface area (Å²) in [5.74, 6) is -0.350. The monoisotopic (exact) mass is 394 g/mol. The number of fused-ring (bicyclic) bond motifs is 1. The molecule has 0 bridgehead atoms. The quantitative estimate of drug-likeness (QED) is 0.837. The van der Waals surface area contributed by atoms with Gasteiger partial charge in [0.15, 0.2) is 0 Å². The van der Waals surface area contributed by atoms with Gasteiger partial charge in [-0.15, -0.1) is 0 Å². The molecule has 0 radical (unpaired) electrons. The molecule has 0 aromatic heterocycles. The number of nitrogens with zero attached hydrogens (tertiary/aromatic N) is 2. The molecule has 2 aliphatic rings. The van der Waals surface area contributed by atoms with E-state index < -0.39 is 23.9 Å². The molecule has 29 heavy (non-hydrogen) atoms. The largest absolute Gasteiger partial charge is 0.335 e. The minimum Gasteiger partial charge on any atom is -0.335 e. The molecule has 150 valence electrons. The molecule has 1 aliphatic heterocycles. The maximum atomic E-state index is 14.6. The Morgan fingerprint density at radius 3 is 2.48 bits per heavy atom. The first-order valence-electron chi connectivity index (χ1n) is 9.72. The number of para-hydroxylation sites is 1. The molecule has 2 aromatic carbocycles. The second-order valence-corrected chi connectivity index (χ2v) is 7.52.